The Balaban J connectivity index is 2.59. The highest BCUT2D eigenvalue weighted by Crippen LogP contribution is 2.14. The summed E-state index contributed by atoms with van der Waals surface area (Å²) in [5.74, 6) is 0. The minimum absolute atomic E-state index is 0.421. The summed E-state index contributed by atoms with van der Waals surface area (Å²) in [7, 11) is 0. The van der Waals surface area contributed by atoms with E-state index in [4.69, 9.17) is 0 Å². The molecule has 12 heavy (non-hydrogen) atoms. The molecular formula is C10H13NO. The lowest BCUT2D eigenvalue weighted by Crippen LogP contribution is -1.95. The van der Waals surface area contributed by atoms with E-state index in [9.17, 15) is 5.11 Å². The molecule has 2 nitrogen and oxygen atoms in total. The largest absolute Gasteiger partial charge is 0.388 e. The molecule has 1 rings (SSSR count). The van der Waals surface area contributed by atoms with Crippen LogP contribution in [0.3, 0.4) is 0 Å². The summed E-state index contributed by atoms with van der Waals surface area (Å²) in [4.78, 5) is 3.93. The maximum absolute atomic E-state index is 9.56. The summed E-state index contributed by atoms with van der Waals surface area (Å²) in [6.45, 7) is 1.94. The van der Waals surface area contributed by atoms with Crippen molar-refractivity contribution >= 4 is 0 Å². The fraction of sp³-hybridized carbons (Fsp3) is 0.300. The van der Waals surface area contributed by atoms with Crippen LogP contribution in [0.4, 0.5) is 0 Å². The molecule has 1 aromatic heterocycles. The SMILES string of the molecule is C/C=C/CC(O)c1cccnc1. The van der Waals surface area contributed by atoms with Gasteiger partial charge in [0, 0.05) is 12.4 Å². The minimum atomic E-state index is -0.421. The maximum atomic E-state index is 9.56. The summed E-state index contributed by atoms with van der Waals surface area (Å²) >= 11 is 0. The van der Waals surface area contributed by atoms with Gasteiger partial charge in [-0.25, -0.2) is 0 Å². The molecule has 1 aromatic rings. The summed E-state index contributed by atoms with van der Waals surface area (Å²) in [5.41, 5.74) is 0.871. The zero-order valence-electron chi connectivity index (χ0n) is 7.14. The minimum Gasteiger partial charge on any atom is -0.388 e. The predicted molar refractivity (Wildman–Crippen MR) is 48.6 cm³/mol. The third-order valence-corrected chi connectivity index (χ3v) is 1.66. The molecule has 0 fully saturated rings. The van der Waals surface area contributed by atoms with Crippen molar-refractivity contribution in [2.75, 3.05) is 0 Å². The van der Waals surface area contributed by atoms with Gasteiger partial charge in [0.05, 0.1) is 6.10 Å². The Morgan fingerprint density at radius 2 is 2.50 bits per heavy atom. The smallest absolute Gasteiger partial charge is 0.0839 e. The van der Waals surface area contributed by atoms with Crippen LogP contribution in [0.15, 0.2) is 36.7 Å². The molecule has 0 spiro atoms. The van der Waals surface area contributed by atoms with Gasteiger partial charge >= 0.3 is 0 Å². The molecule has 0 bridgehead atoms. The van der Waals surface area contributed by atoms with Crippen LogP contribution in [0, 0.1) is 0 Å². The lowest BCUT2D eigenvalue weighted by molar-refractivity contribution is 0.181. The molecule has 0 aromatic carbocycles. The first-order valence-corrected chi connectivity index (χ1v) is 4.03. The third kappa shape index (κ3) is 2.47. The number of allylic oxidation sites excluding steroid dienone is 1. The Hall–Kier alpha value is -1.15. The molecule has 1 unspecified atom stereocenters. The summed E-state index contributed by atoms with van der Waals surface area (Å²) in [5, 5.41) is 9.56. The second kappa shape index (κ2) is 4.67. The molecule has 0 aliphatic rings. The van der Waals surface area contributed by atoms with Gasteiger partial charge in [-0.3, -0.25) is 4.98 Å². The molecule has 1 N–H and O–H groups in total. The molecule has 0 aliphatic carbocycles. The van der Waals surface area contributed by atoms with Gasteiger partial charge in [0.25, 0.3) is 0 Å². The van der Waals surface area contributed by atoms with Crippen LogP contribution >= 0.6 is 0 Å². The van der Waals surface area contributed by atoms with Crippen molar-refractivity contribution in [1.29, 1.82) is 0 Å². The van der Waals surface area contributed by atoms with Gasteiger partial charge in [-0.15, -0.1) is 0 Å². The second-order valence-corrected chi connectivity index (χ2v) is 2.61. The summed E-state index contributed by atoms with van der Waals surface area (Å²) in [6.07, 6.45) is 7.49. The summed E-state index contributed by atoms with van der Waals surface area (Å²) in [6, 6.07) is 3.70. The number of hydrogen-bond donors (Lipinski definition) is 1. The first-order chi connectivity index (χ1) is 5.84. The van der Waals surface area contributed by atoms with E-state index in [0.717, 1.165) is 5.56 Å². The Morgan fingerprint density at radius 1 is 1.67 bits per heavy atom. The first kappa shape index (κ1) is 8.94. The summed E-state index contributed by atoms with van der Waals surface area (Å²) < 4.78 is 0. The number of hydrogen-bond acceptors (Lipinski definition) is 2. The molecule has 0 amide bonds. The van der Waals surface area contributed by atoms with E-state index in [0.29, 0.717) is 6.42 Å². The van der Waals surface area contributed by atoms with Gasteiger partial charge < -0.3 is 5.11 Å². The molecule has 0 radical (unpaired) electrons. The fourth-order valence-corrected chi connectivity index (χ4v) is 0.974. The normalized spacial score (nSPS) is 13.5. The van der Waals surface area contributed by atoms with E-state index in [1.807, 2.05) is 31.2 Å². The van der Waals surface area contributed by atoms with E-state index >= 15 is 0 Å². The van der Waals surface area contributed by atoms with E-state index in [-0.39, 0.29) is 0 Å². The van der Waals surface area contributed by atoms with Crippen molar-refractivity contribution in [1.82, 2.24) is 4.98 Å². The molecule has 1 atom stereocenters. The zero-order valence-corrected chi connectivity index (χ0v) is 7.14. The number of aromatic nitrogens is 1. The number of aliphatic hydroxyl groups excluding tert-OH is 1. The zero-order chi connectivity index (χ0) is 8.81. The molecule has 0 saturated heterocycles. The lowest BCUT2D eigenvalue weighted by atomic mass is 10.1. The second-order valence-electron chi connectivity index (χ2n) is 2.61. The van der Waals surface area contributed by atoms with Crippen LogP contribution in [0.2, 0.25) is 0 Å². The average molecular weight is 163 g/mol. The Bertz CT molecular complexity index is 243. The quantitative estimate of drug-likeness (QED) is 0.692. The molecule has 0 aliphatic heterocycles. The van der Waals surface area contributed by atoms with Crippen molar-refractivity contribution in [2.24, 2.45) is 0 Å². The van der Waals surface area contributed by atoms with Gasteiger partial charge in [0.1, 0.15) is 0 Å². The third-order valence-electron chi connectivity index (χ3n) is 1.66. The van der Waals surface area contributed by atoms with Crippen LogP contribution in [0.5, 0.6) is 0 Å². The number of aliphatic hydroxyl groups is 1. The van der Waals surface area contributed by atoms with Crippen LogP contribution in [0.1, 0.15) is 25.0 Å². The van der Waals surface area contributed by atoms with E-state index in [2.05, 4.69) is 4.98 Å². The standard InChI is InChI=1S/C10H13NO/c1-2-3-6-10(12)9-5-4-7-11-8-9/h2-5,7-8,10,12H,6H2,1H3/b3-2+. The number of nitrogens with zero attached hydrogens (tertiary/aromatic N) is 1. The molecule has 1 heterocycles. The van der Waals surface area contributed by atoms with Crippen molar-refractivity contribution in [3.63, 3.8) is 0 Å². The lowest BCUT2D eigenvalue weighted by Gasteiger charge is -2.06. The number of pyridine rings is 1. The highest BCUT2D eigenvalue weighted by Gasteiger charge is 2.03. The molecule has 2 heteroatoms. The van der Waals surface area contributed by atoms with Gasteiger partial charge in [0.15, 0.2) is 0 Å². The molecule has 64 valence electrons. The van der Waals surface area contributed by atoms with Crippen molar-refractivity contribution in [3.05, 3.63) is 42.2 Å². The first-order valence-electron chi connectivity index (χ1n) is 4.03. The van der Waals surface area contributed by atoms with Crippen LogP contribution in [-0.4, -0.2) is 10.1 Å². The monoisotopic (exact) mass is 163 g/mol. The fourth-order valence-electron chi connectivity index (χ4n) is 0.974. The van der Waals surface area contributed by atoms with Crippen LogP contribution in [-0.2, 0) is 0 Å². The molecular weight excluding hydrogens is 150 g/mol. The topological polar surface area (TPSA) is 33.1 Å². The van der Waals surface area contributed by atoms with E-state index in [1.54, 1.807) is 12.4 Å². The van der Waals surface area contributed by atoms with E-state index in [1.165, 1.54) is 0 Å². The molecule has 0 saturated carbocycles. The van der Waals surface area contributed by atoms with Gasteiger partial charge in [0.2, 0.25) is 0 Å². The Morgan fingerprint density at radius 3 is 3.08 bits per heavy atom. The van der Waals surface area contributed by atoms with Gasteiger partial charge in [-0.2, -0.15) is 0 Å². The van der Waals surface area contributed by atoms with Crippen molar-refractivity contribution in [2.45, 2.75) is 19.4 Å². The maximum Gasteiger partial charge on any atom is 0.0839 e. The Kier molecular flexibility index (Phi) is 3.48. The van der Waals surface area contributed by atoms with Gasteiger partial charge in [-0.1, -0.05) is 18.2 Å². The Labute approximate surface area is 72.6 Å². The highest BCUT2D eigenvalue weighted by atomic mass is 16.3. The predicted octanol–water partition coefficient (Wildman–Crippen LogP) is 2.08. The van der Waals surface area contributed by atoms with Crippen molar-refractivity contribution < 1.29 is 5.11 Å². The van der Waals surface area contributed by atoms with Crippen LogP contribution in [0.25, 0.3) is 0 Å². The van der Waals surface area contributed by atoms with E-state index < -0.39 is 6.10 Å². The number of rotatable bonds is 3. The average Bonchev–Trinajstić information content (AvgIpc) is 2.15. The van der Waals surface area contributed by atoms with Crippen LogP contribution < -0.4 is 0 Å². The van der Waals surface area contributed by atoms with Gasteiger partial charge in [-0.05, 0) is 25.0 Å². The van der Waals surface area contributed by atoms with Crippen molar-refractivity contribution in [3.8, 4) is 0 Å². The highest BCUT2D eigenvalue weighted by molar-refractivity contribution is 5.12.